The van der Waals surface area contributed by atoms with Crippen LogP contribution in [-0.4, -0.2) is 4.98 Å². The lowest BCUT2D eigenvalue weighted by Gasteiger charge is -2.09. The first kappa shape index (κ1) is 17.3. The molecule has 0 unspecified atom stereocenters. The summed E-state index contributed by atoms with van der Waals surface area (Å²) in [4.78, 5) is 4.65. The molecule has 0 radical (unpaired) electrons. The van der Waals surface area contributed by atoms with Gasteiger partial charge in [0, 0.05) is 17.8 Å². The van der Waals surface area contributed by atoms with E-state index in [1.807, 2.05) is 30.3 Å². The summed E-state index contributed by atoms with van der Waals surface area (Å²) in [5, 5.41) is 3.48. The second kappa shape index (κ2) is 7.28. The molecule has 0 aliphatic rings. The van der Waals surface area contributed by atoms with Crippen molar-refractivity contribution in [2.45, 2.75) is 33.2 Å². The number of aryl methyl sites for hydroxylation is 1. The SMILES string of the molecule is Cc1ccc(-c2nc3cc(NCc4ccc(C(C)C)cc4)ccc3o2)cc1. The molecule has 1 N–H and O–H groups in total. The van der Waals surface area contributed by atoms with Crippen LogP contribution in [0.4, 0.5) is 5.69 Å². The third-order valence-electron chi connectivity index (χ3n) is 4.83. The Hall–Kier alpha value is -3.07. The van der Waals surface area contributed by atoms with Gasteiger partial charge in [0.2, 0.25) is 5.89 Å². The number of hydrogen-bond acceptors (Lipinski definition) is 3. The van der Waals surface area contributed by atoms with Crippen LogP contribution < -0.4 is 5.32 Å². The van der Waals surface area contributed by atoms with Crippen molar-refractivity contribution in [3.8, 4) is 11.5 Å². The van der Waals surface area contributed by atoms with Crippen LogP contribution in [0.3, 0.4) is 0 Å². The van der Waals surface area contributed by atoms with Gasteiger partial charge in [-0.25, -0.2) is 4.98 Å². The van der Waals surface area contributed by atoms with E-state index in [1.165, 1.54) is 16.7 Å². The molecule has 0 aliphatic carbocycles. The van der Waals surface area contributed by atoms with E-state index in [0.717, 1.165) is 28.9 Å². The minimum atomic E-state index is 0.560. The van der Waals surface area contributed by atoms with Crippen molar-refractivity contribution in [2.75, 3.05) is 5.32 Å². The number of rotatable bonds is 5. The third kappa shape index (κ3) is 3.87. The zero-order valence-corrected chi connectivity index (χ0v) is 16.0. The van der Waals surface area contributed by atoms with Crippen molar-refractivity contribution in [3.63, 3.8) is 0 Å². The highest BCUT2D eigenvalue weighted by Gasteiger charge is 2.09. The Morgan fingerprint density at radius 1 is 0.926 bits per heavy atom. The topological polar surface area (TPSA) is 38.1 Å². The van der Waals surface area contributed by atoms with Crippen LogP contribution in [0.1, 0.15) is 36.5 Å². The predicted molar refractivity (Wildman–Crippen MR) is 112 cm³/mol. The number of fused-ring (bicyclic) bond motifs is 1. The molecule has 0 spiro atoms. The summed E-state index contributed by atoms with van der Waals surface area (Å²) in [7, 11) is 0. The van der Waals surface area contributed by atoms with E-state index >= 15 is 0 Å². The molecule has 27 heavy (non-hydrogen) atoms. The van der Waals surface area contributed by atoms with Crippen LogP contribution in [0.25, 0.3) is 22.6 Å². The van der Waals surface area contributed by atoms with Crippen molar-refractivity contribution in [1.82, 2.24) is 4.98 Å². The molecular formula is C24H24N2O. The standard InChI is InChI=1S/C24H24N2O/c1-16(2)19-10-6-18(7-11-19)15-25-21-12-13-23-22(14-21)26-24(27-23)20-8-4-17(3)5-9-20/h4-14,16,25H,15H2,1-3H3. The van der Waals surface area contributed by atoms with Crippen molar-refractivity contribution in [3.05, 3.63) is 83.4 Å². The highest BCUT2D eigenvalue weighted by molar-refractivity contribution is 5.80. The first-order chi connectivity index (χ1) is 13.1. The van der Waals surface area contributed by atoms with Gasteiger partial charge in [-0.05, 0) is 54.3 Å². The molecule has 4 rings (SSSR count). The smallest absolute Gasteiger partial charge is 0.227 e. The lowest BCUT2D eigenvalue weighted by molar-refractivity contribution is 0.620. The molecular weight excluding hydrogens is 332 g/mol. The number of oxazole rings is 1. The predicted octanol–water partition coefficient (Wildman–Crippen LogP) is 6.54. The molecule has 4 aromatic rings. The lowest BCUT2D eigenvalue weighted by Crippen LogP contribution is -1.99. The van der Waals surface area contributed by atoms with Gasteiger partial charge in [0.25, 0.3) is 0 Å². The minimum absolute atomic E-state index is 0.560. The zero-order valence-electron chi connectivity index (χ0n) is 16.0. The molecule has 0 atom stereocenters. The molecule has 3 aromatic carbocycles. The summed E-state index contributed by atoms with van der Waals surface area (Å²) >= 11 is 0. The largest absolute Gasteiger partial charge is 0.436 e. The fraction of sp³-hybridized carbons (Fsp3) is 0.208. The van der Waals surface area contributed by atoms with E-state index in [9.17, 15) is 0 Å². The van der Waals surface area contributed by atoms with E-state index in [2.05, 4.69) is 67.5 Å². The van der Waals surface area contributed by atoms with Crippen LogP contribution in [0.15, 0.2) is 71.1 Å². The van der Waals surface area contributed by atoms with Gasteiger partial charge in [0.05, 0.1) is 0 Å². The maximum Gasteiger partial charge on any atom is 0.227 e. The summed E-state index contributed by atoms with van der Waals surface area (Å²) in [5.41, 5.74) is 7.56. The highest BCUT2D eigenvalue weighted by Crippen LogP contribution is 2.26. The highest BCUT2D eigenvalue weighted by atomic mass is 16.3. The van der Waals surface area contributed by atoms with Crippen LogP contribution >= 0.6 is 0 Å². The summed E-state index contributed by atoms with van der Waals surface area (Å²) in [6.45, 7) is 7.28. The Kier molecular flexibility index (Phi) is 4.68. The van der Waals surface area contributed by atoms with Gasteiger partial charge in [0.1, 0.15) is 5.52 Å². The number of anilines is 1. The Morgan fingerprint density at radius 3 is 2.37 bits per heavy atom. The molecule has 0 saturated heterocycles. The molecule has 3 heteroatoms. The average molecular weight is 356 g/mol. The summed E-state index contributed by atoms with van der Waals surface area (Å²) in [6, 6.07) is 23.1. The zero-order chi connectivity index (χ0) is 18.8. The first-order valence-corrected chi connectivity index (χ1v) is 9.39. The maximum atomic E-state index is 5.91. The van der Waals surface area contributed by atoms with Gasteiger partial charge >= 0.3 is 0 Å². The van der Waals surface area contributed by atoms with Crippen molar-refractivity contribution in [2.24, 2.45) is 0 Å². The van der Waals surface area contributed by atoms with Crippen molar-refractivity contribution < 1.29 is 4.42 Å². The Balaban J connectivity index is 1.50. The van der Waals surface area contributed by atoms with E-state index < -0.39 is 0 Å². The quantitative estimate of drug-likeness (QED) is 0.441. The van der Waals surface area contributed by atoms with Crippen molar-refractivity contribution in [1.29, 1.82) is 0 Å². The molecule has 1 aromatic heterocycles. The fourth-order valence-electron chi connectivity index (χ4n) is 3.08. The Morgan fingerprint density at radius 2 is 1.67 bits per heavy atom. The van der Waals surface area contributed by atoms with E-state index in [0.29, 0.717) is 11.8 Å². The average Bonchev–Trinajstić information content (AvgIpc) is 3.10. The number of nitrogens with zero attached hydrogens (tertiary/aromatic N) is 1. The van der Waals surface area contributed by atoms with Crippen LogP contribution in [0.5, 0.6) is 0 Å². The molecule has 0 amide bonds. The summed E-state index contributed by atoms with van der Waals surface area (Å²) in [6.07, 6.45) is 0. The van der Waals surface area contributed by atoms with Gasteiger partial charge in [-0.1, -0.05) is 55.8 Å². The second-order valence-corrected chi connectivity index (χ2v) is 7.32. The molecule has 1 heterocycles. The fourth-order valence-corrected chi connectivity index (χ4v) is 3.08. The van der Waals surface area contributed by atoms with Crippen molar-refractivity contribution >= 4 is 16.8 Å². The third-order valence-corrected chi connectivity index (χ3v) is 4.83. The molecule has 0 aliphatic heterocycles. The van der Waals surface area contributed by atoms with Crippen LogP contribution in [0.2, 0.25) is 0 Å². The normalized spacial score (nSPS) is 11.3. The summed E-state index contributed by atoms with van der Waals surface area (Å²) in [5.74, 6) is 1.22. The number of benzene rings is 3. The minimum Gasteiger partial charge on any atom is -0.436 e. The van der Waals surface area contributed by atoms with E-state index in [-0.39, 0.29) is 0 Å². The second-order valence-electron chi connectivity index (χ2n) is 7.32. The number of aromatic nitrogens is 1. The number of nitrogens with one attached hydrogen (secondary N) is 1. The molecule has 0 fully saturated rings. The molecule has 136 valence electrons. The summed E-state index contributed by atoms with van der Waals surface area (Å²) < 4.78 is 5.91. The molecule has 0 bridgehead atoms. The number of hydrogen-bond donors (Lipinski definition) is 1. The lowest BCUT2D eigenvalue weighted by atomic mass is 10.0. The van der Waals surface area contributed by atoms with E-state index in [4.69, 9.17) is 4.42 Å². The maximum absolute atomic E-state index is 5.91. The van der Waals surface area contributed by atoms with Gasteiger partial charge in [-0.2, -0.15) is 0 Å². The Bertz CT molecular complexity index is 1040. The van der Waals surface area contributed by atoms with Gasteiger partial charge in [-0.3, -0.25) is 0 Å². The van der Waals surface area contributed by atoms with Gasteiger partial charge in [-0.15, -0.1) is 0 Å². The Labute approximate surface area is 160 Å². The molecule has 0 saturated carbocycles. The van der Waals surface area contributed by atoms with E-state index in [1.54, 1.807) is 0 Å². The van der Waals surface area contributed by atoms with Crippen LogP contribution in [0, 0.1) is 6.92 Å². The van der Waals surface area contributed by atoms with Crippen LogP contribution in [-0.2, 0) is 6.54 Å². The monoisotopic (exact) mass is 356 g/mol. The molecule has 3 nitrogen and oxygen atoms in total. The van der Waals surface area contributed by atoms with Gasteiger partial charge in [0.15, 0.2) is 5.58 Å². The van der Waals surface area contributed by atoms with Gasteiger partial charge < -0.3 is 9.73 Å². The first-order valence-electron chi connectivity index (χ1n) is 9.39.